The van der Waals surface area contributed by atoms with E-state index in [-0.39, 0.29) is 11.4 Å². The fourth-order valence-electron chi connectivity index (χ4n) is 1.08. The molecule has 0 aromatic carbocycles. The SMILES string of the molecule is Nc1cc(=O)[nH]c(-c2ccc[nH]2)n1. The molecule has 2 aromatic heterocycles. The minimum absolute atomic E-state index is 0.216. The Morgan fingerprint density at radius 1 is 1.46 bits per heavy atom. The van der Waals surface area contributed by atoms with Crippen molar-refractivity contribution >= 4 is 5.82 Å². The maximum Gasteiger partial charge on any atom is 0.253 e. The molecule has 0 atom stereocenters. The highest BCUT2D eigenvalue weighted by Gasteiger charge is 2.01. The molecule has 5 nitrogen and oxygen atoms in total. The van der Waals surface area contributed by atoms with Crippen LogP contribution in [-0.2, 0) is 0 Å². The summed E-state index contributed by atoms with van der Waals surface area (Å²) in [5.74, 6) is 0.670. The molecule has 2 heterocycles. The summed E-state index contributed by atoms with van der Waals surface area (Å²) in [7, 11) is 0. The van der Waals surface area contributed by atoms with Crippen LogP contribution >= 0.6 is 0 Å². The van der Waals surface area contributed by atoms with Gasteiger partial charge in [-0.15, -0.1) is 0 Å². The average Bonchev–Trinajstić information content (AvgIpc) is 2.53. The molecule has 0 bridgehead atoms. The minimum atomic E-state index is -0.253. The predicted molar refractivity (Wildman–Crippen MR) is 49.1 cm³/mol. The summed E-state index contributed by atoms with van der Waals surface area (Å²) in [4.78, 5) is 20.5. The molecule has 5 heteroatoms. The molecule has 0 unspecified atom stereocenters. The molecule has 4 N–H and O–H groups in total. The van der Waals surface area contributed by atoms with Gasteiger partial charge in [-0.1, -0.05) is 0 Å². The lowest BCUT2D eigenvalue weighted by Gasteiger charge is -1.97. The number of rotatable bonds is 1. The molecule has 2 rings (SSSR count). The van der Waals surface area contributed by atoms with E-state index in [0.717, 1.165) is 5.69 Å². The Labute approximate surface area is 73.6 Å². The van der Waals surface area contributed by atoms with Crippen molar-refractivity contribution in [2.45, 2.75) is 0 Å². The van der Waals surface area contributed by atoms with Gasteiger partial charge in [-0.25, -0.2) is 4.98 Å². The second-order valence-electron chi connectivity index (χ2n) is 2.60. The first-order valence-corrected chi connectivity index (χ1v) is 3.76. The number of hydrogen-bond donors (Lipinski definition) is 3. The number of nitrogens with one attached hydrogen (secondary N) is 2. The van der Waals surface area contributed by atoms with Gasteiger partial charge in [-0.05, 0) is 12.1 Å². The van der Waals surface area contributed by atoms with Gasteiger partial charge in [0.2, 0.25) is 0 Å². The van der Waals surface area contributed by atoms with Crippen molar-refractivity contribution in [1.82, 2.24) is 15.0 Å². The van der Waals surface area contributed by atoms with E-state index < -0.39 is 0 Å². The number of nitrogen functional groups attached to an aromatic ring is 1. The Morgan fingerprint density at radius 3 is 2.92 bits per heavy atom. The monoisotopic (exact) mass is 176 g/mol. The first kappa shape index (κ1) is 7.60. The van der Waals surface area contributed by atoms with Crippen molar-refractivity contribution in [3.63, 3.8) is 0 Å². The maximum atomic E-state index is 11.0. The third-order valence-corrected chi connectivity index (χ3v) is 1.61. The van der Waals surface area contributed by atoms with E-state index in [0.29, 0.717) is 5.82 Å². The highest BCUT2D eigenvalue weighted by Crippen LogP contribution is 2.09. The Bertz CT molecular complexity index is 457. The van der Waals surface area contributed by atoms with Gasteiger partial charge in [0.05, 0.1) is 5.69 Å². The first-order valence-electron chi connectivity index (χ1n) is 3.76. The number of aromatic amines is 2. The molecule has 0 spiro atoms. The van der Waals surface area contributed by atoms with E-state index in [2.05, 4.69) is 15.0 Å². The summed E-state index contributed by atoms with van der Waals surface area (Å²) < 4.78 is 0. The summed E-state index contributed by atoms with van der Waals surface area (Å²) in [6, 6.07) is 4.86. The van der Waals surface area contributed by atoms with Crippen LogP contribution in [0.1, 0.15) is 0 Å². The lowest BCUT2D eigenvalue weighted by molar-refractivity contribution is 1.12. The maximum absolute atomic E-state index is 11.0. The van der Waals surface area contributed by atoms with Gasteiger partial charge in [0.1, 0.15) is 5.82 Å². The van der Waals surface area contributed by atoms with Gasteiger partial charge in [-0.2, -0.15) is 0 Å². The molecule has 2 aromatic rings. The van der Waals surface area contributed by atoms with Crippen molar-refractivity contribution < 1.29 is 0 Å². The zero-order valence-electron chi connectivity index (χ0n) is 6.74. The summed E-state index contributed by atoms with van der Waals surface area (Å²) in [5, 5.41) is 0. The third kappa shape index (κ3) is 1.44. The Balaban J connectivity index is 2.59. The number of H-pyrrole nitrogens is 2. The zero-order valence-corrected chi connectivity index (χ0v) is 6.74. The zero-order chi connectivity index (χ0) is 9.26. The molecule has 0 saturated heterocycles. The molecule has 66 valence electrons. The lowest BCUT2D eigenvalue weighted by Crippen LogP contribution is -2.09. The van der Waals surface area contributed by atoms with Crippen LogP contribution in [0.2, 0.25) is 0 Å². The Kier molecular flexibility index (Phi) is 1.63. The van der Waals surface area contributed by atoms with Crippen molar-refractivity contribution in [2.75, 3.05) is 5.73 Å². The fourth-order valence-corrected chi connectivity index (χ4v) is 1.08. The van der Waals surface area contributed by atoms with E-state index in [9.17, 15) is 4.79 Å². The van der Waals surface area contributed by atoms with Crippen LogP contribution in [0.3, 0.4) is 0 Å². The van der Waals surface area contributed by atoms with Gasteiger partial charge in [0.25, 0.3) is 5.56 Å². The molecule has 13 heavy (non-hydrogen) atoms. The minimum Gasteiger partial charge on any atom is -0.383 e. The molecule has 0 amide bonds. The predicted octanol–water partition coefficient (Wildman–Crippen LogP) is 0.347. The molecule has 0 aliphatic rings. The van der Waals surface area contributed by atoms with E-state index in [1.165, 1.54) is 6.07 Å². The highest BCUT2D eigenvalue weighted by molar-refractivity contribution is 5.50. The molecular formula is C8H8N4O. The summed E-state index contributed by atoms with van der Waals surface area (Å²) in [6.45, 7) is 0. The summed E-state index contributed by atoms with van der Waals surface area (Å²) in [5.41, 5.74) is 5.91. The van der Waals surface area contributed by atoms with Crippen LogP contribution in [0, 0.1) is 0 Å². The quantitative estimate of drug-likeness (QED) is 0.585. The van der Waals surface area contributed by atoms with Crippen LogP contribution < -0.4 is 11.3 Å². The highest BCUT2D eigenvalue weighted by atomic mass is 16.1. The number of anilines is 1. The Morgan fingerprint density at radius 2 is 2.31 bits per heavy atom. The molecule has 0 saturated carbocycles. The largest absolute Gasteiger partial charge is 0.383 e. The fraction of sp³-hybridized carbons (Fsp3) is 0. The van der Waals surface area contributed by atoms with Crippen LogP contribution in [0.25, 0.3) is 11.5 Å². The smallest absolute Gasteiger partial charge is 0.253 e. The van der Waals surface area contributed by atoms with E-state index in [4.69, 9.17) is 5.73 Å². The van der Waals surface area contributed by atoms with E-state index in [1.807, 2.05) is 6.07 Å². The van der Waals surface area contributed by atoms with Crippen LogP contribution in [0.4, 0.5) is 5.82 Å². The summed E-state index contributed by atoms with van der Waals surface area (Å²) >= 11 is 0. The van der Waals surface area contributed by atoms with Crippen molar-refractivity contribution in [3.8, 4) is 11.5 Å². The van der Waals surface area contributed by atoms with Crippen LogP contribution in [0.5, 0.6) is 0 Å². The average molecular weight is 176 g/mol. The second kappa shape index (κ2) is 2.78. The third-order valence-electron chi connectivity index (χ3n) is 1.61. The number of nitrogens with zero attached hydrogens (tertiary/aromatic N) is 1. The molecule has 0 aliphatic heterocycles. The topological polar surface area (TPSA) is 87.6 Å². The van der Waals surface area contributed by atoms with Gasteiger partial charge in [0.15, 0.2) is 5.82 Å². The van der Waals surface area contributed by atoms with Crippen molar-refractivity contribution in [2.24, 2.45) is 0 Å². The molecule has 0 aliphatic carbocycles. The standard InChI is InChI=1S/C8H8N4O/c9-6-4-7(13)12-8(11-6)5-2-1-3-10-5/h1-4,10H,(H3,9,11,12,13). The molecule has 0 radical (unpaired) electrons. The number of hydrogen-bond acceptors (Lipinski definition) is 3. The van der Waals surface area contributed by atoms with Crippen molar-refractivity contribution in [1.29, 1.82) is 0 Å². The van der Waals surface area contributed by atoms with E-state index in [1.54, 1.807) is 12.3 Å². The summed E-state index contributed by atoms with van der Waals surface area (Å²) in [6.07, 6.45) is 1.75. The normalized spacial score (nSPS) is 10.2. The number of aromatic nitrogens is 3. The Hall–Kier alpha value is -2.04. The second-order valence-corrected chi connectivity index (χ2v) is 2.60. The number of nitrogens with two attached hydrogens (primary N) is 1. The molecule has 0 fully saturated rings. The van der Waals surface area contributed by atoms with Crippen LogP contribution in [0.15, 0.2) is 29.2 Å². The first-order chi connectivity index (χ1) is 6.25. The lowest BCUT2D eigenvalue weighted by atomic mass is 10.4. The van der Waals surface area contributed by atoms with Crippen LogP contribution in [-0.4, -0.2) is 15.0 Å². The van der Waals surface area contributed by atoms with E-state index >= 15 is 0 Å². The van der Waals surface area contributed by atoms with Gasteiger partial charge in [-0.3, -0.25) is 4.79 Å². The van der Waals surface area contributed by atoms with Crippen molar-refractivity contribution in [3.05, 3.63) is 34.7 Å². The van der Waals surface area contributed by atoms with Gasteiger partial charge < -0.3 is 15.7 Å². The van der Waals surface area contributed by atoms with Gasteiger partial charge in [0, 0.05) is 12.3 Å². The van der Waals surface area contributed by atoms with Gasteiger partial charge >= 0.3 is 0 Å². The molecular weight excluding hydrogens is 168 g/mol.